The summed E-state index contributed by atoms with van der Waals surface area (Å²) in [5, 5.41) is 14.9. The van der Waals surface area contributed by atoms with Crippen molar-refractivity contribution < 1.29 is 0 Å². The second-order valence-corrected chi connectivity index (χ2v) is 6.62. The maximum atomic E-state index is 4.70. The van der Waals surface area contributed by atoms with E-state index in [-0.39, 0.29) is 0 Å². The molecule has 0 radical (unpaired) electrons. The Morgan fingerprint density at radius 1 is 1.12 bits per heavy atom. The highest BCUT2D eigenvalue weighted by molar-refractivity contribution is 5.82. The summed E-state index contributed by atoms with van der Waals surface area (Å²) in [4.78, 5) is 11.5. The molecule has 0 aliphatic carbocycles. The van der Waals surface area contributed by atoms with E-state index in [0.717, 1.165) is 66.4 Å². The van der Waals surface area contributed by atoms with Gasteiger partial charge in [0.15, 0.2) is 0 Å². The normalized spacial score (nSPS) is 22.9. The van der Waals surface area contributed by atoms with Crippen molar-refractivity contribution in [2.75, 3.05) is 36.4 Å². The molecule has 24 heavy (non-hydrogen) atoms. The van der Waals surface area contributed by atoms with Crippen molar-refractivity contribution >= 4 is 28.4 Å². The summed E-state index contributed by atoms with van der Waals surface area (Å²) in [7, 11) is 0. The summed E-state index contributed by atoms with van der Waals surface area (Å²) in [6, 6.07) is 8.00. The number of hydrogen-bond acceptors (Lipinski definition) is 6. The van der Waals surface area contributed by atoms with Gasteiger partial charge in [0, 0.05) is 43.4 Å². The summed E-state index contributed by atoms with van der Waals surface area (Å²) in [6.45, 7) is 4.32. The number of nitrogens with one attached hydrogen (secondary N) is 3. The molecule has 2 unspecified atom stereocenters. The Labute approximate surface area is 139 Å². The molecule has 7 nitrogen and oxygen atoms in total. The van der Waals surface area contributed by atoms with E-state index in [0.29, 0.717) is 0 Å². The first-order valence-corrected chi connectivity index (χ1v) is 8.34. The van der Waals surface area contributed by atoms with Gasteiger partial charge in [-0.2, -0.15) is 10.1 Å². The third-order valence-electron chi connectivity index (χ3n) is 5.03. The summed E-state index contributed by atoms with van der Waals surface area (Å²) in [5.41, 5.74) is 2.03. The zero-order valence-corrected chi connectivity index (χ0v) is 13.2. The van der Waals surface area contributed by atoms with E-state index >= 15 is 0 Å². The van der Waals surface area contributed by atoms with E-state index in [1.807, 2.05) is 30.6 Å². The number of nitrogens with zero attached hydrogens (tertiary/aromatic N) is 4. The quantitative estimate of drug-likeness (QED) is 0.682. The second-order valence-electron chi connectivity index (χ2n) is 6.62. The first-order chi connectivity index (χ1) is 11.8. The minimum atomic E-state index is 0.730. The van der Waals surface area contributed by atoms with E-state index in [4.69, 9.17) is 4.98 Å². The molecule has 7 heteroatoms. The molecule has 2 aromatic heterocycles. The first kappa shape index (κ1) is 13.7. The van der Waals surface area contributed by atoms with Crippen molar-refractivity contribution in [2.45, 2.75) is 0 Å². The maximum Gasteiger partial charge on any atom is 0.227 e. The summed E-state index contributed by atoms with van der Waals surface area (Å²) in [5.74, 6) is 3.10. The van der Waals surface area contributed by atoms with Crippen LogP contribution in [0, 0.1) is 11.8 Å². The molecule has 0 bridgehead atoms. The monoisotopic (exact) mass is 321 g/mol. The summed E-state index contributed by atoms with van der Waals surface area (Å²) < 4.78 is 0. The molecular weight excluding hydrogens is 302 g/mol. The van der Waals surface area contributed by atoms with Crippen LogP contribution in [0.2, 0.25) is 0 Å². The Hall–Kier alpha value is -2.67. The molecule has 2 aliphatic rings. The van der Waals surface area contributed by atoms with Crippen LogP contribution in [-0.4, -0.2) is 46.3 Å². The van der Waals surface area contributed by atoms with Crippen LogP contribution in [0.3, 0.4) is 0 Å². The minimum Gasteiger partial charge on any atom is -0.340 e. The number of aromatic nitrogens is 4. The topological polar surface area (TPSA) is 81.8 Å². The lowest BCUT2D eigenvalue weighted by atomic mass is 10.0. The maximum absolute atomic E-state index is 4.70. The van der Waals surface area contributed by atoms with Crippen molar-refractivity contribution in [3.8, 4) is 0 Å². The first-order valence-electron chi connectivity index (χ1n) is 8.34. The van der Waals surface area contributed by atoms with Crippen molar-refractivity contribution in [3.63, 3.8) is 0 Å². The lowest BCUT2D eigenvalue weighted by molar-refractivity contribution is 0.533. The van der Waals surface area contributed by atoms with Crippen LogP contribution in [0.4, 0.5) is 17.5 Å². The third kappa shape index (κ3) is 2.37. The van der Waals surface area contributed by atoms with Crippen LogP contribution in [0.5, 0.6) is 0 Å². The highest BCUT2D eigenvalue weighted by Crippen LogP contribution is 2.29. The number of anilines is 3. The fourth-order valence-electron chi connectivity index (χ4n) is 3.76. The van der Waals surface area contributed by atoms with E-state index < -0.39 is 0 Å². The fraction of sp³-hybridized carbons (Fsp3) is 0.353. The van der Waals surface area contributed by atoms with Gasteiger partial charge >= 0.3 is 0 Å². The second kappa shape index (κ2) is 5.45. The van der Waals surface area contributed by atoms with Gasteiger partial charge in [0.2, 0.25) is 5.95 Å². The number of H-pyrrole nitrogens is 1. The van der Waals surface area contributed by atoms with Gasteiger partial charge in [0.25, 0.3) is 0 Å². The van der Waals surface area contributed by atoms with Crippen LogP contribution in [0.15, 0.2) is 36.7 Å². The predicted molar refractivity (Wildman–Crippen MR) is 93.5 cm³/mol. The zero-order chi connectivity index (χ0) is 15.9. The minimum absolute atomic E-state index is 0.730. The van der Waals surface area contributed by atoms with Crippen molar-refractivity contribution in [3.05, 3.63) is 36.7 Å². The van der Waals surface area contributed by atoms with Gasteiger partial charge < -0.3 is 15.5 Å². The molecular formula is C17H19N7. The smallest absolute Gasteiger partial charge is 0.227 e. The van der Waals surface area contributed by atoms with Gasteiger partial charge in [-0.05, 0) is 36.1 Å². The molecule has 3 N–H and O–H groups in total. The highest BCUT2D eigenvalue weighted by Gasteiger charge is 2.37. The molecule has 2 atom stereocenters. The Morgan fingerprint density at radius 2 is 2.00 bits per heavy atom. The fourth-order valence-corrected chi connectivity index (χ4v) is 3.76. The van der Waals surface area contributed by atoms with Crippen LogP contribution < -0.4 is 15.5 Å². The van der Waals surface area contributed by atoms with Crippen molar-refractivity contribution in [2.24, 2.45) is 11.8 Å². The highest BCUT2D eigenvalue weighted by atomic mass is 15.3. The number of aromatic amines is 1. The molecule has 0 saturated carbocycles. The molecule has 2 fully saturated rings. The van der Waals surface area contributed by atoms with Crippen LogP contribution in [0.25, 0.3) is 10.9 Å². The molecule has 1 aromatic carbocycles. The third-order valence-corrected chi connectivity index (χ3v) is 5.03. The molecule has 5 rings (SSSR count). The molecule has 4 heterocycles. The van der Waals surface area contributed by atoms with Gasteiger partial charge in [-0.3, -0.25) is 5.10 Å². The Morgan fingerprint density at radius 3 is 2.88 bits per heavy atom. The number of benzene rings is 1. The average Bonchev–Trinajstić information content (AvgIpc) is 3.30. The van der Waals surface area contributed by atoms with E-state index in [1.165, 1.54) is 0 Å². The van der Waals surface area contributed by atoms with Gasteiger partial charge in [0.05, 0.1) is 11.7 Å². The molecule has 0 amide bonds. The largest absolute Gasteiger partial charge is 0.340 e. The summed E-state index contributed by atoms with van der Waals surface area (Å²) >= 11 is 0. The van der Waals surface area contributed by atoms with Crippen LogP contribution in [0.1, 0.15) is 0 Å². The van der Waals surface area contributed by atoms with Crippen molar-refractivity contribution in [1.29, 1.82) is 0 Å². The number of rotatable bonds is 3. The van der Waals surface area contributed by atoms with Gasteiger partial charge in [-0.1, -0.05) is 0 Å². The Balaban J connectivity index is 1.37. The van der Waals surface area contributed by atoms with Gasteiger partial charge in [0.1, 0.15) is 5.82 Å². The number of hydrogen-bond donors (Lipinski definition) is 3. The van der Waals surface area contributed by atoms with E-state index in [9.17, 15) is 0 Å². The molecule has 2 saturated heterocycles. The standard InChI is InChI=1S/C17H19N7/c1-2-15-11(8-20-23-15)5-14(1)21-16-3-4-19-17(22-16)24-9-12-6-18-7-13(12)10-24/h1-5,8,12-13,18H,6-7,9-10H2,(H,20,23)(H,19,21,22). The molecule has 3 aromatic rings. The Bertz CT molecular complexity index is 862. The Kier molecular flexibility index (Phi) is 3.12. The van der Waals surface area contributed by atoms with E-state index in [1.54, 1.807) is 0 Å². The lowest BCUT2D eigenvalue weighted by Gasteiger charge is -2.18. The molecule has 0 spiro atoms. The SMILES string of the molecule is c1cc(Nc2ccc3[nH]ncc3c2)nc(N2CC3CNCC3C2)n1. The molecule has 122 valence electrons. The van der Waals surface area contributed by atoms with Crippen molar-refractivity contribution in [1.82, 2.24) is 25.5 Å². The van der Waals surface area contributed by atoms with Gasteiger partial charge in [-0.25, -0.2) is 4.98 Å². The van der Waals surface area contributed by atoms with Crippen LogP contribution >= 0.6 is 0 Å². The van der Waals surface area contributed by atoms with Gasteiger partial charge in [-0.15, -0.1) is 0 Å². The predicted octanol–water partition coefficient (Wildman–Crippen LogP) is 1.75. The zero-order valence-electron chi connectivity index (χ0n) is 13.2. The van der Waals surface area contributed by atoms with Crippen LogP contribution in [-0.2, 0) is 0 Å². The summed E-state index contributed by atoms with van der Waals surface area (Å²) in [6.07, 6.45) is 3.65. The lowest BCUT2D eigenvalue weighted by Crippen LogP contribution is -2.27. The average molecular weight is 321 g/mol. The molecule has 2 aliphatic heterocycles. The van der Waals surface area contributed by atoms with E-state index in [2.05, 4.69) is 36.8 Å². The number of fused-ring (bicyclic) bond motifs is 2.